The Labute approximate surface area is 174 Å². The van der Waals surface area contributed by atoms with Crippen LogP contribution in [0.3, 0.4) is 0 Å². The van der Waals surface area contributed by atoms with Gasteiger partial charge in [0, 0.05) is 22.7 Å². The Hall–Kier alpha value is -2.37. The molecule has 1 heterocycles. The van der Waals surface area contributed by atoms with E-state index in [1.807, 2.05) is 6.07 Å². The minimum absolute atomic E-state index is 0.171. The summed E-state index contributed by atoms with van der Waals surface area (Å²) >= 11 is 6.18. The van der Waals surface area contributed by atoms with Gasteiger partial charge in [0.15, 0.2) is 0 Å². The van der Waals surface area contributed by atoms with E-state index in [1.165, 1.54) is 17.7 Å². The summed E-state index contributed by atoms with van der Waals surface area (Å²) in [6, 6.07) is 14.7. The standard InChI is InChI=1S/C23H24ClFN2O2/c24-20-13-18(25)11-10-17(20)12-19-21(26-23(29)27-22(19)28)16-8-6-15(7-9-16)14-4-2-1-3-5-14/h1-5,10-11,13,15-16,23,26,29H,6-9,12H2,(H,27,28)/t15-,16-,23?. The molecular formula is C23H24ClFN2O2. The van der Waals surface area contributed by atoms with Crippen molar-refractivity contribution in [1.29, 1.82) is 0 Å². The average Bonchev–Trinajstić information content (AvgIpc) is 2.72. The van der Waals surface area contributed by atoms with Gasteiger partial charge in [-0.15, -0.1) is 0 Å². The fourth-order valence-corrected chi connectivity index (χ4v) is 4.67. The van der Waals surface area contributed by atoms with E-state index in [2.05, 4.69) is 34.9 Å². The highest BCUT2D eigenvalue weighted by atomic mass is 35.5. The summed E-state index contributed by atoms with van der Waals surface area (Å²) in [6.45, 7) is 0. The molecule has 3 N–H and O–H groups in total. The number of aliphatic hydroxyl groups excluding tert-OH is 1. The van der Waals surface area contributed by atoms with Crippen molar-refractivity contribution in [2.45, 2.75) is 44.4 Å². The molecule has 1 saturated carbocycles. The van der Waals surface area contributed by atoms with Crippen molar-refractivity contribution in [1.82, 2.24) is 10.6 Å². The normalized spacial score (nSPS) is 24.8. The van der Waals surface area contributed by atoms with Crippen LogP contribution in [0.1, 0.15) is 42.7 Å². The zero-order valence-corrected chi connectivity index (χ0v) is 16.8. The van der Waals surface area contributed by atoms with Crippen LogP contribution in [0.4, 0.5) is 4.39 Å². The van der Waals surface area contributed by atoms with Crippen molar-refractivity contribution < 1.29 is 14.3 Å². The molecular weight excluding hydrogens is 391 g/mol. The van der Waals surface area contributed by atoms with E-state index in [0.29, 0.717) is 28.5 Å². The van der Waals surface area contributed by atoms with E-state index in [-0.39, 0.29) is 11.8 Å². The maximum Gasteiger partial charge on any atom is 0.252 e. The highest BCUT2D eigenvalue weighted by Gasteiger charge is 2.32. The minimum atomic E-state index is -1.10. The molecule has 1 aliphatic carbocycles. The smallest absolute Gasteiger partial charge is 0.252 e. The van der Waals surface area contributed by atoms with Crippen molar-refractivity contribution >= 4 is 17.5 Å². The van der Waals surface area contributed by atoms with Gasteiger partial charge in [-0.25, -0.2) is 4.39 Å². The Balaban J connectivity index is 1.56. The third-order valence-corrected chi connectivity index (χ3v) is 6.30. The lowest BCUT2D eigenvalue weighted by Gasteiger charge is -2.35. The summed E-state index contributed by atoms with van der Waals surface area (Å²) in [6.07, 6.45) is 3.12. The van der Waals surface area contributed by atoms with E-state index < -0.39 is 12.2 Å². The number of carbonyl (C=O) groups excluding carboxylic acids is 1. The quantitative estimate of drug-likeness (QED) is 0.701. The molecule has 0 aromatic heterocycles. The number of nitrogens with one attached hydrogen (secondary N) is 2. The Morgan fingerprint density at radius 3 is 2.38 bits per heavy atom. The second-order valence-electron chi connectivity index (χ2n) is 7.78. The maximum absolute atomic E-state index is 13.4. The molecule has 1 atom stereocenters. The molecule has 0 saturated heterocycles. The Kier molecular flexibility index (Phi) is 5.88. The molecule has 1 unspecified atom stereocenters. The number of halogens is 2. The van der Waals surface area contributed by atoms with Gasteiger partial charge in [0.1, 0.15) is 5.82 Å². The van der Waals surface area contributed by atoms with Gasteiger partial charge in [0.05, 0.1) is 0 Å². The zero-order chi connectivity index (χ0) is 20.4. The molecule has 4 nitrogen and oxygen atoms in total. The van der Waals surface area contributed by atoms with E-state index in [1.54, 1.807) is 6.07 Å². The number of hydrogen-bond donors (Lipinski definition) is 3. The third-order valence-electron chi connectivity index (χ3n) is 5.95. The second kappa shape index (κ2) is 8.56. The molecule has 29 heavy (non-hydrogen) atoms. The number of benzene rings is 2. The van der Waals surface area contributed by atoms with Crippen LogP contribution in [0, 0.1) is 11.7 Å². The first kappa shape index (κ1) is 19.9. The van der Waals surface area contributed by atoms with Crippen LogP contribution in [0.5, 0.6) is 0 Å². The lowest BCUT2D eigenvalue weighted by Crippen LogP contribution is -2.52. The Bertz CT molecular complexity index is 924. The fraction of sp³-hybridized carbons (Fsp3) is 0.348. The third kappa shape index (κ3) is 4.46. The van der Waals surface area contributed by atoms with Crippen molar-refractivity contribution in [2.75, 3.05) is 0 Å². The van der Waals surface area contributed by atoms with Gasteiger partial charge in [0.25, 0.3) is 5.91 Å². The van der Waals surface area contributed by atoms with Gasteiger partial charge in [-0.2, -0.15) is 0 Å². The largest absolute Gasteiger partial charge is 0.356 e. The average molecular weight is 415 g/mol. The first-order valence-corrected chi connectivity index (χ1v) is 10.4. The number of aliphatic hydroxyl groups is 1. The molecule has 4 rings (SSSR count). The summed E-state index contributed by atoms with van der Waals surface area (Å²) < 4.78 is 13.4. The van der Waals surface area contributed by atoms with Gasteiger partial charge >= 0.3 is 0 Å². The monoisotopic (exact) mass is 414 g/mol. The zero-order valence-electron chi connectivity index (χ0n) is 16.0. The van der Waals surface area contributed by atoms with Crippen molar-refractivity contribution in [3.05, 3.63) is 81.8 Å². The summed E-state index contributed by atoms with van der Waals surface area (Å²) in [5.74, 6) is -0.0269. The predicted molar refractivity (Wildman–Crippen MR) is 111 cm³/mol. The van der Waals surface area contributed by atoms with Gasteiger partial charge in [-0.05, 0) is 60.8 Å². The van der Waals surface area contributed by atoms with Gasteiger partial charge in [-0.3, -0.25) is 4.79 Å². The number of hydrogen-bond acceptors (Lipinski definition) is 3. The van der Waals surface area contributed by atoms with Crippen LogP contribution in [0.2, 0.25) is 5.02 Å². The van der Waals surface area contributed by atoms with E-state index in [4.69, 9.17) is 11.6 Å². The Morgan fingerprint density at radius 1 is 1.00 bits per heavy atom. The van der Waals surface area contributed by atoms with Crippen molar-refractivity contribution in [3.63, 3.8) is 0 Å². The molecule has 2 aromatic carbocycles. The summed E-state index contributed by atoms with van der Waals surface area (Å²) in [7, 11) is 0. The van der Waals surface area contributed by atoms with Crippen molar-refractivity contribution in [2.24, 2.45) is 5.92 Å². The molecule has 1 amide bonds. The molecule has 1 aliphatic heterocycles. The SMILES string of the molecule is O=C1NC(O)NC([C@H]2CC[C@H](c3ccccc3)CC2)=C1Cc1ccc(F)cc1Cl. The molecule has 1 fully saturated rings. The first-order chi connectivity index (χ1) is 14.0. The van der Waals surface area contributed by atoms with Gasteiger partial charge < -0.3 is 15.7 Å². The molecule has 0 bridgehead atoms. The maximum atomic E-state index is 13.4. The minimum Gasteiger partial charge on any atom is -0.356 e. The predicted octanol–water partition coefficient (Wildman–Crippen LogP) is 4.25. The summed E-state index contributed by atoms with van der Waals surface area (Å²) in [5, 5.41) is 15.9. The van der Waals surface area contributed by atoms with Crippen LogP contribution in [-0.4, -0.2) is 17.4 Å². The lowest BCUT2D eigenvalue weighted by molar-refractivity contribution is -0.122. The summed E-state index contributed by atoms with van der Waals surface area (Å²) in [4.78, 5) is 12.6. The summed E-state index contributed by atoms with van der Waals surface area (Å²) in [5.41, 5.74) is 3.39. The molecule has 6 heteroatoms. The number of amides is 1. The fourth-order valence-electron chi connectivity index (χ4n) is 4.44. The highest BCUT2D eigenvalue weighted by molar-refractivity contribution is 6.31. The molecule has 2 aromatic rings. The Morgan fingerprint density at radius 2 is 1.69 bits per heavy atom. The highest BCUT2D eigenvalue weighted by Crippen LogP contribution is 2.39. The van der Waals surface area contributed by atoms with Crippen LogP contribution in [0.25, 0.3) is 0 Å². The number of carbonyl (C=O) groups is 1. The van der Waals surface area contributed by atoms with Gasteiger partial charge in [0.2, 0.25) is 6.35 Å². The first-order valence-electron chi connectivity index (χ1n) is 9.98. The van der Waals surface area contributed by atoms with Gasteiger partial charge in [-0.1, -0.05) is 48.0 Å². The van der Waals surface area contributed by atoms with Crippen LogP contribution >= 0.6 is 11.6 Å². The van der Waals surface area contributed by atoms with Crippen LogP contribution < -0.4 is 10.6 Å². The lowest BCUT2D eigenvalue weighted by atomic mass is 9.76. The van der Waals surface area contributed by atoms with Crippen LogP contribution in [-0.2, 0) is 11.2 Å². The van der Waals surface area contributed by atoms with E-state index in [0.717, 1.165) is 31.4 Å². The van der Waals surface area contributed by atoms with Crippen molar-refractivity contribution in [3.8, 4) is 0 Å². The molecule has 2 aliphatic rings. The second-order valence-corrected chi connectivity index (χ2v) is 8.19. The topological polar surface area (TPSA) is 61.4 Å². The van der Waals surface area contributed by atoms with E-state index >= 15 is 0 Å². The van der Waals surface area contributed by atoms with E-state index in [9.17, 15) is 14.3 Å². The molecule has 152 valence electrons. The van der Waals surface area contributed by atoms with Crippen LogP contribution in [0.15, 0.2) is 59.8 Å². The number of allylic oxidation sites excluding steroid dienone is 1. The molecule has 0 radical (unpaired) electrons. The molecule has 0 spiro atoms. The number of rotatable bonds is 4.